The van der Waals surface area contributed by atoms with Crippen LogP contribution >= 0.6 is 0 Å². The Morgan fingerprint density at radius 3 is 0.978 bits per heavy atom. The van der Waals surface area contributed by atoms with E-state index in [2.05, 4.69) is 60.1 Å². The van der Waals surface area contributed by atoms with E-state index in [1.807, 2.05) is 55.4 Å². The Hall–Kier alpha value is -5.99. The van der Waals surface area contributed by atoms with Crippen LogP contribution in [0.4, 0.5) is 0 Å². The molecular weight excluding hydrogens is 1170 g/mol. The van der Waals surface area contributed by atoms with Crippen LogP contribution in [-0.4, -0.2) is 152 Å². The third-order valence-electron chi connectivity index (χ3n) is 16.2. The molecule has 0 unspecified atom stereocenters. The fraction of sp³-hybridized carbons (Fsp3) is 0.831. The molecular formula is C65H125N15O11. The lowest BCUT2D eigenvalue weighted by atomic mass is 9.94. The van der Waals surface area contributed by atoms with Gasteiger partial charge in [-0.2, -0.15) is 0 Å². The van der Waals surface area contributed by atoms with E-state index in [9.17, 15) is 52.7 Å². The summed E-state index contributed by atoms with van der Waals surface area (Å²) < 4.78 is 0. The van der Waals surface area contributed by atoms with Crippen LogP contribution in [0.15, 0.2) is 0 Å². The van der Waals surface area contributed by atoms with Gasteiger partial charge in [0.05, 0.1) is 6.54 Å². The maximum Gasteiger partial charge on any atom is 0.243 e. The van der Waals surface area contributed by atoms with Crippen molar-refractivity contribution in [3.8, 4) is 0 Å². The van der Waals surface area contributed by atoms with Crippen molar-refractivity contribution >= 4 is 65.0 Å². The van der Waals surface area contributed by atoms with E-state index in [-0.39, 0.29) is 81.6 Å². The average molecular weight is 1290 g/mol. The third-order valence-corrected chi connectivity index (χ3v) is 16.2. The van der Waals surface area contributed by atoms with Crippen molar-refractivity contribution in [2.75, 3.05) is 32.7 Å². The van der Waals surface area contributed by atoms with Gasteiger partial charge in [-0.15, -0.1) is 0 Å². The van der Waals surface area contributed by atoms with E-state index < -0.39 is 125 Å². The Morgan fingerprint density at radius 2 is 0.615 bits per heavy atom. The molecule has 0 saturated carbocycles. The summed E-state index contributed by atoms with van der Waals surface area (Å²) in [6, 6.07) is -10.4. The second kappa shape index (κ2) is 49.6. The van der Waals surface area contributed by atoms with Crippen LogP contribution in [0.25, 0.3) is 0 Å². The van der Waals surface area contributed by atoms with Gasteiger partial charge < -0.3 is 81.8 Å². The first-order valence-electron chi connectivity index (χ1n) is 34.2. The summed E-state index contributed by atoms with van der Waals surface area (Å²) >= 11 is 0. The SMILES string of the molecule is CCCCCCCCC(=O)NCC(=O)N[C@@H](CC(C)C)C(=O)N[C@@H](CCCCN)C(=O)N[C@@H](CCCCN)C(=O)N[C@H](C(=O)N[C@H](C(=O)N[C@@H](CCCCN)C(=O)N[C@@H](CCCCN)C(=O)N[C@@H](CC(C)C)C(=O)N[C@@H](CC(C)C)C(N)=O)[C@@H](C)CC)[C@@H](C)CC. The maximum atomic E-state index is 14.7. The molecule has 0 radical (unpaired) electrons. The van der Waals surface area contributed by atoms with Gasteiger partial charge in [0.2, 0.25) is 65.0 Å². The summed E-state index contributed by atoms with van der Waals surface area (Å²) in [6.45, 7) is 21.4. The molecule has 526 valence electrons. The predicted molar refractivity (Wildman–Crippen MR) is 356 cm³/mol. The molecule has 0 aliphatic heterocycles. The molecule has 0 fully saturated rings. The zero-order valence-electron chi connectivity index (χ0n) is 57.5. The first kappa shape index (κ1) is 85.0. The molecule has 0 aliphatic carbocycles. The fourth-order valence-corrected chi connectivity index (χ4v) is 10.3. The van der Waals surface area contributed by atoms with Crippen molar-refractivity contribution in [1.29, 1.82) is 0 Å². The number of nitrogens with one attached hydrogen (secondary N) is 10. The molecule has 20 N–H and O–H groups in total. The molecule has 0 saturated heterocycles. The van der Waals surface area contributed by atoms with Crippen molar-refractivity contribution in [2.24, 2.45) is 58.3 Å². The quantitative estimate of drug-likeness (QED) is 0.0389. The average Bonchev–Trinajstić information content (AvgIpc) is 1.17. The molecule has 0 bridgehead atoms. The van der Waals surface area contributed by atoms with E-state index in [1.165, 1.54) is 0 Å². The van der Waals surface area contributed by atoms with E-state index in [0.717, 1.165) is 32.1 Å². The van der Waals surface area contributed by atoms with Gasteiger partial charge in [-0.05, 0) is 159 Å². The van der Waals surface area contributed by atoms with Crippen LogP contribution in [0.2, 0.25) is 0 Å². The molecule has 0 spiro atoms. The largest absolute Gasteiger partial charge is 0.368 e. The number of rotatable bonds is 53. The number of hydrogen-bond acceptors (Lipinski definition) is 15. The van der Waals surface area contributed by atoms with Crippen molar-refractivity contribution in [3.05, 3.63) is 0 Å². The van der Waals surface area contributed by atoms with Gasteiger partial charge in [0.1, 0.15) is 54.4 Å². The number of carbonyl (C=O) groups excluding carboxylic acids is 11. The van der Waals surface area contributed by atoms with Crippen molar-refractivity contribution < 1.29 is 52.7 Å². The van der Waals surface area contributed by atoms with Crippen molar-refractivity contribution in [2.45, 2.75) is 285 Å². The van der Waals surface area contributed by atoms with E-state index in [4.69, 9.17) is 28.7 Å². The highest BCUT2D eigenvalue weighted by atomic mass is 16.2. The van der Waals surface area contributed by atoms with Gasteiger partial charge in [0.15, 0.2) is 0 Å². The Bertz CT molecular complexity index is 2170. The Labute approximate surface area is 544 Å². The van der Waals surface area contributed by atoms with Crippen LogP contribution in [0, 0.1) is 29.6 Å². The number of carbonyl (C=O) groups is 11. The smallest absolute Gasteiger partial charge is 0.243 e. The minimum atomic E-state index is -1.24. The van der Waals surface area contributed by atoms with Gasteiger partial charge in [0.25, 0.3) is 0 Å². The molecule has 0 rings (SSSR count). The fourth-order valence-electron chi connectivity index (χ4n) is 10.3. The highest BCUT2D eigenvalue weighted by Crippen LogP contribution is 2.17. The lowest BCUT2D eigenvalue weighted by molar-refractivity contribution is -0.137. The summed E-state index contributed by atoms with van der Waals surface area (Å²) in [6.07, 6.45) is 12.0. The van der Waals surface area contributed by atoms with Crippen LogP contribution in [0.3, 0.4) is 0 Å². The molecule has 11 atom stereocenters. The highest BCUT2D eigenvalue weighted by Gasteiger charge is 2.38. The number of amides is 11. The van der Waals surface area contributed by atoms with Gasteiger partial charge in [0, 0.05) is 6.42 Å². The Morgan fingerprint density at radius 1 is 0.319 bits per heavy atom. The zero-order valence-corrected chi connectivity index (χ0v) is 57.5. The first-order valence-corrected chi connectivity index (χ1v) is 34.2. The van der Waals surface area contributed by atoms with Crippen LogP contribution in [-0.2, 0) is 52.7 Å². The third kappa shape index (κ3) is 37.3. The summed E-state index contributed by atoms with van der Waals surface area (Å²) in [5.74, 6) is -8.09. The molecule has 0 aromatic heterocycles. The lowest BCUT2D eigenvalue weighted by Gasteiger charge is -2.31. The Balaban J connectivity index is 6.89. The highest BCUT2D eigenvalue weighted by molar-refractivity contribution is 5.99. The van der Waals surface area contributed by atoms with Gasteiger partial charge >= 0.3 is 0 Å². The number of nitrogens with two attached hydrogens (primary N) is 5. The van der Waals surface area contributed by atoms with Crippen molar-refractivity contribution in [3.63, 3.8) is 0 Å². The predicted octanol–water partition coefficient (Wildman–Crippen LogP) is 2.45. The lowest BCUT2D eigenvalue weighted by Crippen LogP contribution is -2.62. The van der Waals surface area contributed by atoms with E-state index >= 15 is 0 Å². The summed E-state index contributed by atoms with van der Waals surface area (Å²) in [4.78, 5) is 153. The molecule has 0 aromatic rings. The number of unbranched alkanes of at least 4 members (excludes halogenated alkanes) is 9. The minimum absolute atomic E-state index is 0.0238. The maximum absolute atomic E-state index is 14.7. The second-order valence-electron chi connectivity index (χ2n) is 26.0. The van der Waals surface area contributed by atoms with Crippen LogP contribution in [0.5, 0.6) is 0 Å². The van der Waals surface area contributed by atoms with Gasteiger partial charge in [-0.3, -0.25) is 52.7 Å². The first-order chi connectivity index (χ1) is 43.1. The van der Waals surface area contributed by atoms with Crippen LogP contribution in [0.1, 0.15) is 230 Å². The van der Waals surface area contributed by atoms with E-state index in [1.54, 1.807) is 13.8 Å². The number of hydrogen-bond donors (Lipinski definition) is 15. The molecule has 26 heteroatoms. The Kier molecular flexibility index (Phi) is 46.4. The topological polar surface area (TPSA) is 438 Å². The summed E-state index contributed by atoms with van der Waals surface area (Å²) in [5.41, 5.74) is 29.0. The summed E-state index contributed by atoms with van der Waals surface area (Å²) in [5, 5.41) is 27.9. The number of primary amides is 1. The second-order valence-corrected chi connectivity index (χ2v) is 26.0. The standard InChI is InChI=1S/C65H125N15O11/c1-12-15-16-17-18-19-32-53(81)71-40-54(82)72-51(38-42(6)7)62(88)75-46(28-20-24-33-66)58(84)74-49(31-23-27-36-69)61(87)79-56(45(11)14-3)65(91)80-55(44(10)13-2)64(90)76-48(30-22-26-35-68)59(85)73-47(29-21-25-34-67)60(86)78-52(39-43(8)9)63(89)77-50(57(70)83)37-41(4)5/h41-52,55-56H,12-40,66-69H2,1-11H3,(H2,70,83)(H,71,81)(H,72,82)(H,73,85)(H,74,84)(H,75,88)(H,76,90)(H,77,89)(H,78,86)(H,79,87)(H,80,91)/t44-,45-,46-,47-,48-,49-,50-,51-,52-,55-,56-/m0/s1. The minimum Gasteiger partial charge on any atom is -0.368 e. The molecule has 26 nitrogen and oxygen atoms in total. The normalized spacial score (nSPS) is 15.1. The monoisotopic (exact) mass is 1290 g/mol. The summed E-state index contributed by atoms with van der Waals surface area (Å²) in [7, 11) is 0. The molecule has 0 aromatic carbocycles. The molecule has 0 aliphatic rings. The zero-order chi connectivity index (χ0) is 69.0. The van der Waals surface area contributed by atoms with E-state index in [0.29, 0.717) is 96.8 Å². The van der Waals surface area contributed by atoms with Crippen LogP contribution < -0.4 is 81.8 Å². The van der Waals surface area contributed by atoms with Gasteiger partial charge in [-0.25, -0.2) is 0 Å². The molecule has 11 amide bonds. The van der Waals surface area contributed by atoms with Gasteiger partial charge in [-0.1, -0.05) is 121 Å². The molecule has 0 heterocycles. The van der Waals surface area contributed by atoms with Crippen molar-refractivity contribution in [1.82, 2.24) is 53.2 Å². The molecule has 91 heavy (non-hydrogen) atoms.